The smallest absolute Gasteiger partial charge is 0.314 e. The molecule has 0 heterocycles. The summed E-state index contributed by atoms with van der Waals surface area (Å²) < 4.78 is 5.29. The minimum Gasteiger partial charge on any atom is -0.496 e. The molecule has 18 heavy (non-hydrogen) atoms. The minimum atomic E-state index is -0.732. The van der Waals surface area contributed by atoms with Crippen molar-refractivity contribution in [1.82, 2.24) is 0 Å². The highest BCUT2D eigenvalue weighted by molar-refractivity contribution is 5.83. The highest BCUT2D eigenvalue weighted by Crippen LogP contribution is 2.55. The first-order valence-corrected chi connectivity index (χ1v) is 6.19. The first-order chi connectivity index (χ1) is 8.31. The summed E-state index contributed by atoms with van der Waals surface area (Å²) in [6.45, 7) is 6.18. The summed E-state index contributed by atoms with van der Waals surface area (Å²) in [6.07, 6.45) is 1.36. The van der Waals surface area contributed by atoms with E-state index in [9.17, 15) is 9.90 Å². The highest BCUT2D eigenvalue weighted by Gasteiger charge is 2.55. The van der Waals surface area contributed by atoms with Crippen LogP contribution in [0.4, 0.5) is 0 Å². The number of hydrogen-bond acceptors (Lipinski definition) is 2. The standard InChI is InChI=1S/C15H20O3/c1-10-5-6-11(7-12(10)18-4)15(13(16)17)8-14(2,3)9-15/h5-7H,8-9H2,1-4H3,(H,16,17). The zero-order chi connectivity index (χ0) is 13.6. The summed E-state index contributed by atoms with van der Waals surface area (Å²) in [5, 5.41) is 9.56. The number of carboxylic acid groups (broad SMARTS) is 1. The van der Waals surface area contributed by atoms with Gasteiger partial charge in [-0.25, -0.2) is 0 Å². The van der Waals surface area contributed by atoms with E-state index in [2.05, 4.69) is 13.8 Å². The van der Waals surface area contributed by atoms with Gasteiger partial charge in [-0.3, -0.25) is 4.79 Å². The zero-order valence-corrected chi connectivity index (χ0v) is 11.4. The van der Waals surface area contributed by atoms with Gasteiger partial charge in [-0.2, -0.15) is 0 Å². The molecule has 0 bridgehead atoms. The molecule has 0 unspecified atom stereocenters. The molecule has 0 amide bonds. The van der Waals surface area contributed by atoms with Crippen molar-refractivity contribution in [2.75, 3.05) is 7.11 Å². The number of ether oxygens (including phenoxy) is 1. The maximum absolute atomic E-state index is 11.6. The molecular weight excluding hydrogens is 228 g/mol. The Morgan fingerprint density at radius 2 is 1.94 bits per heavy atom. The maximum Gasteiger partial charge on any atom is 0.314 e. The monoisotopic (exact) mass is 248 g/mol. The summed E-state index contributed by atoms with van der Waals surface area (Å²) in [5.74, 6) is 0.0329. The largest absolute Gasteiger partial charge is 0.496 e. The van der Waals surface area contributed by atoms with Crippen molar-refractivity contribution in [1.29, 1.82) is 0 Å². The molecule has 1 fully saturated rings. The number of rotatable bonds is 3. The SMILES string of the molecule is COc1cc(C2(C(=O)O)CC(C)(C)C2)ccc1C. The van der Waals surface area contributed by atoms with Gasteiger partial charge in [0.1, 0.15) is 5.75 Å². The van der Waals surface area contributed by atoms with Crippen molar-refractivity contribution in [3.63, 3.8) is 0 Å². The average molecular weight is 248 g/mol. The van der Waals surface area contributed by atoms with E-state index in [1.807, 2.05) is 25.1 Å². The second-order valence-electron chi connectivity index (χ2n) is 6.09. The zero-order valence-electron chi connectivity index (χ0n) is 11.4. The quantitative estimate of drug-likeness (QED) is 0.893. The second kappa shape index (κ2) is 4.01. The molecule has 2 rings (SSSR count). The molecule has 0 radical (unpaired) electrons. The van der Waals surface area contributed by atoms with E-state index < -0.39 is 11.4 Å². The van der Waals surface area contributed by atoms with Crippen LogP contribution in [0.3, 0.4) is 0 Å². The van der Waals surface area contributed by atoms with E-state index in [1.54, 1.807) is 7.11 Å². The van der Waals surface area contributed by atoms with Gasteiger partial charge in [0.05, 0.1) is 12.5 Å². The number of aryl methyl sites for hydroxylation is 1. The fourth-order valence-electron chi connectivity index (χ4n) is 3.18. The molecule has 3 heteroatoms. The number of methoxy groups -OCH3 is 1. The summed E-state index contributed by atoms with van der Waals surface area (Å²) in [6, 6.07) is 5.73. The fourth-order valence-corrected chi connectivity index (χ4v) is 3.18. The molecule has 1 aromatic rings. The topological polar surface area (TPSA) is 46.5 Å². The summed E-state index contributed by atoms with van der Waals surface area (Å²) in [7, 11) is 1.62. The van der Waals surface area contributed by atoms with Gasteiger partial charge < -0.3 is 9.84 Å². The van der Waals surface area contributed by atoms with Crippen molar-refractivity contribution in [2.45, 2.75) is 39.0 Å². The summed E-state index contributed by atoms with van der Waals surface area (Å²) in [4.78, 5) is 11.6. The van der Waals surface area contributed by atoms with Crippen LogP contribution in [0.5, 0.6) is 5.75 Å². The Hall–Kier alpha value is -1.51. The molecule has 1 aromatic carbocycles. The molecule has 0 atom stereocenters. The number of carbonyl (C=O) groups is 1. The fraction of sp³-hybridized carbons (Fsp3) is 0.533. The molecule has 1 saturated carbocycles. The van der Waals surface area contributed by atoms with Crippen LogP contribution in [-0.2, 0) is 10.2 Å². The molecule has 1 aliphatic carbocycles. The lowest BCUT2D eigenvalue weighted by Gasteiger charge is -2.50. The Bertz CT molecular complexity index is 481. The van der Waals surface area contributed by atoms with Crippen molar-refractivity contribution < 1.29 is 14.6 Å². The molecular formula is C15H20O3. The normalized spacial score (nSPS) is 20.0. The van der Waals surface area contributed by atoms with Crippen LogP contribution in [0.1, 0.15) is 37.8 Å². The van der Waals surface area contributed by atoms with Gasteiger partial charge in [-0.15, -0.1) is 0 Å². The number of carboxylic acids is 1. The first-order valence-electron chi connectivity index (χ1n) is 6.19. The van der Waals surface area contributed by atoms with E-state index in [-0.39, 0.29) is 5.41 Å². The molecule has 0 aromatic heterocycles. The Morgan fingerprint density at radius 3 is 2.39 bits per heavy atom. The van der Waals surface area contributed by atoms with Gasteiger partial charge in [0, 0.05) is 0 Å². The van der Waals surface area contributed by atoms with Crippen LogP contribution in [-0.4, -0.2) is 18.2 Å². The summed E-state index contributed by atoms with van der Waals surface area (Å²) in [5.41, 5.74) is 1.26. The lowest BCUT2D eigenvalue weighted by Crippen LogP contribution is -2.52. The van der Waals surface area contributed by atoms with Gasteiger partial charge >= 0.3 is 5.97 Å². The van der Waals surface area contributed by atoms with Gasteiger partial charge in [0.25, 0.3) is 0 Å². The Balaban J connectivity index is 2.43. The van der Waals surface area contributed by atoms with E-state index in [0.717, 1.165) is 16.9 Å². The number of aliphatic carboxylic acids is 1. The van der Waals surface area contributed by atoms with E-state index in [4.69, 9.17) is 4.74 Å². The molecule has 0 spiro atoms. The number of benzene rings is 1. The molecule has 1 N–H and O–H groups in total. The van der Waals surface area contributed by atoms with Gasteiger partial charge in [0.15, 0.2) is 0 Å². The molecule has 0 saturated heterocycles. The van der Waals surface area contributed by atoms with Gasteiger partial charge in [-0.1, -0.05) is 26.0 Å². The van der Waals surface area contributed by atoms with Gasteiger partial charge in [0.2, 0.25) is 0 Å². The van der Waals surface area contributed by atoms with Crippen LogP contribution >= 0.6 is 0 Å². The second-order valence-corrected chi connectivity index (χ2v) is 6.09. The predicted octanol–water partition coefficient (Wildman–Crippen LogP) is 3.15. The number of hydrogen-bond donors (Lipinski definition) is 1. The van der Waals surface area contributed by atoms with Crippen molar-refractivity contribution in [3.8, 4) is 5.75 Å². The minimum absolute atomic E-state index is 0.108. The van der Waals surface area contributed by atoms with Crippen LogP contribution in [0.15, 0.2) is 18.2 Å². The molecule has 98 valence electrons. The Kier molecular flexibility index (Phi) is 2.88. The average Bonchev–Trinajstić information content (AvgIpc) is 2.25. The predicted molar refractivity (Wildman–Crippen MR) is 70.1 cm³/mol. The lowest BCUT2D eigenvalue weighted by molar-refractivity contribution is -0.153. The van der Waals surface area contributed by atoms with Crippen molar-refractivity contribution in [2.24, 2.45) is 5.41 Å². The van der Waals surface area contributed by atoms with Crippen molar-refractivity contribution >= 4 is 5.97 Å². The summed E-state index contributed by atoms with van der Waals surface area (Å²) >= 11 is 0. The van der Waals surface area contributed by atoms with Crippen molar-refractivity contribution in [3.05, 3.63) is 29.3 Å². The van der Waals surface area contributed by atoms with E-state index in [0.29, 0.717) is 12.8 Å². The molecule has 1 aliphatic rings. The first kappa shape index (κ1) is 12.9. The third-order valence-corrected chi connectivity index (χ3v) is 3.93. The van der Waals surface area contributed by atoms with Crippen LogP contribution < -0.4 is 4.74 Å². The molecule has 3 nitrogen and oxygen atoms in total. The van der Waals surface area contributed by atoms with Crippen LogP contribution in [0, 0.1) is 12.3 Å². The molecule has 0 aliphatic heterocycles. The Labute approximate surface area is 108 Å². The Morgan fingerprint density at radius 1 is 1.33 bits per heavy atom. The van der Waals surface area contributed by atoms with E-state index >= 15 is 0 Å². The highest BCUT2D eigenvalue weighted by atomic mass is 16.5. The van der Waals surface area contributed by atoms with Gasteiger partial charge in [-0.05, 0) is 42.4 Å². The maximum atomic E-state index is 11.6. The van der Waals surface area contributed by atoms with Crippen LogP contribution in [0.25, 0.3) is 0 Å². The lowest BCUT2D eigenvalue weighted by atomic mass is 9.52. The third-order valence-electron chi connectivity index (χ3n) is 3.93. The van der Waals surface area contributed by atoms with E-state index in [1.165, 1.54) is 0 Å². The third kappa shape index (κ3) is 1.88. The van der Waals surface area contributed by atoms with Crippen LogP contribution in [0.2, 0.25) is 0 Å².